The van der Waals surface area contributed by atoms with Crippen LogP contribution in [0.25, 0.3) is 16.7 Å². The van der Waals surface area contributed by atoms with E-state index >= 15 is 0 Å². The summed E-state index contributed by atoms with van der Waals surface area (Å²) in [4.78, 5) is 33.3. The van der Waals surface area contributed by atoms with Crippen LogP contribution >= 0.6 is 23.4 Å². The highest BCUT2D eigenvalue weighted by molar-refractivity contribution is 7.99. The molecule has 3 aromatic rings. The highest BCUT2D eigenvalue weighted by atomic mass is 35.5. The predicted octanol–water partition coefficient (Wildman–Crippen LogP) is 4.45. The van der Waals surface area contributed by atoms with Crippen molar-refractivity contribution < 1.29 is 4.79 Å². The standard InChI is InChI=1S/C23H26ClN5O2S/c1-2-27(16-6-4-3-5-7-16)20(30)12-18-14-32-23-26-21-19(22(31)28(18)23)13-25-29(21)17-10-8-15(24)9-11-17/h8-11,13,16,18H,2-7,12,14H2,1H3. The van der Waals surface area contributed by atoms with E-state index in [0.717, 1.165) is 25.1 Å². The molecule has 1 fully saturated rings. The lowest BCUT2D eigenvalue weighted by Gasteiger charge is -2.34. The number of hydrogen-bond acceptors (Lipinski definition) is 5. The number of amides is 1. The second kappa shape index (κ2) is 8.90. The van der Waals surface area contributed by atoms with Crippen LogP contribution < -0.4 is 5.56 Å². The van der Waals surface area contributed by atoms with E-state index in [1.807, 2.05) is 24.0 Å². The van der Waals surface area contributed by atoms with Crippen molar-refractivity contribution in [3.05, 3.63) is 45.8 Å². The molecule has 1 unspecified atom stereocenters. The molecule has 3 heterocycles. The summed E-state index contributed by atoms with van der Waals surface area (Å²) in [5, 5.41) is 6.15. The van der Waals surface area contributed by atoms with Crippen LogP contribution in [-0.4, -0.2) is 48.5 Å². The van der Waals surface area contributed by atoms with Crippen LogP contribution in [0.2, 0.25) is 5.02 Å². The molecule has 1 aromatic carbocycles. The Kier molecular flexibility index (Phi) is 5.99. The third-order valence-corrected chi connectivity index (χ3v) is 7.88. The fourth-order valence-electron chi connectivity index (χ4n) is 4.90. The van der Waals surface area contributed by atoms with Gasteiger partial charge < -0.3 is 4.90 Å². The summed E-state index contributed by atoms with van der Waals surface area (Å²) in [5.41, 5.74) is 1.19. The van der Waals surface area contributed by atoms with Crippen molar-refractivity contribution >= 4 is 40.3 Å². The Hall–Kier alpha value is -2.32. The highest BCUT2D eigenvalue weighted by Crippen LogP contribution is 2.34. The first-order valence-corrected chi connectivity index (χ1v) is 12.6. The fourth-order valence-corrected chi connectivity index (χ4v) is 6.16. The van der Waals surface area contributed by atoms with Crippen LogP contribution in [0.1, 0.15) is 51.5 Å². The molecule has 1 saturated carbocycles. The number of halogens is 1. The van der Waals surface area contributed by atoms with Gasteiger partial charge in [0.05, 0.1) is 17.9 Å². The maximum atomic E-state index is 13.4. The minimum atomic E-state index is -0.177. The molecule has 0 saturated heterocycles. The van der Waals surface area contributed by atoms with Crippen LogP contribution in [0.5, 0.6) is 0 Å². The Labute approximate surface area is 195 Å². The minimum absolute atomic E-state index is 0.131. The van der Waals surface area contributed by atoms with Crippen LogP contribution in [0.3, 0.4) is 0 Å². The number of fused-ring (bicyclic) bond motifs is 2. The van der Waals surface area contributed by atoms with Crippen LogP contribution in [0, 0.1) is 0 Å². The normalized spacial score (nSPS) is 18.8. The Morgan fingerprint density at radius 3 is 2.69 bits per heavy atom. The summed E-state index contributed by atoms with van der Waals surface area (Å²) in [6.07, 6.45) is 7.71. The fraction of sp³-hybridized carbons (Fsp3) is 0.478. The second-order valence-electron chi connectivity index (χ2n) is 8.48. The number of carbonyl (C=O) groups is 1. The molecule has 168 valence electrons. The number of carbonyl (C=O) groups excluding carboxylic acids is 1. The Balaban J connectivity index is 1.44. The van der Waals surface area contributed by atoms with Gasteiger partial charge in [0.25, 0.3) is 5.56 Å². The zero-order valence-corrected chi connectivity index (χ0v) is 19.6. The molecule has 1 atom stereocenters. The third kappa shape index (κ3) is 3.83. The first-order chi connectivity index (χ1) is 15.6. The van der Waals surface area contributed by atoms with E-state index in [4.69, 9.17) is 16.6 Å². The Morgan fingerprint density at radius 2 is 1.97 bits per heavy atom. The van der Waals surface area contributed by atoms with E-state index in [2.05, 4.69) is 5.10 Å². The number of benzene rings is 1. The molecule has 0 bridgehead atoms. The highest BCUT2D eigenvalue weighted by Gasteiger charge is 2.32. The number of nitrogens with zero attached hydrogens (tertiary/aromatic N) is 5. The summed E-state index contributed by atoms with van der Waals surface area (Å²) in [6.45, 7) is 2.77. The molecule has 7 nitrogen and oxygen atoms in total. The van der Waals surface area contributed by atoms with Gasteiger partial charge in [-0.3, -0.25) is 14.2 Å². The lowest BCUT2D eigenvalue weighted by Crippen LogP contribution is -2.42. The van der Waals surface area contributed by atoms with Crippen molar-refractivity contribution in [3.8, 4) is 5.69 Å². The zero-order chi connectivity index (χ0) is 22.2. The number of rotatable bonds is 5. The second-order valence-corrected chi connectivity index (χ2v) is 9.90. The van der Waals surface area contributed by atoms with Gasteiger partial charge in [-0.1, -0.05) is 42.6 Å². The predicted molar refractivity (Wildman–Crippen MR) is 127 cm³/mol. The van der Waals surface area contributed by atoms with E-state index in [1.165, 1.54) is 31.0 Å². The Morgan fingerprint density at radius 1 is 1.22 bits per heavy atom. The number of aromatic nitrogens is 4. The van der Waals surface area contributed by atoms with E-state index in [-0.39, 0.29) is 17.5 Å². The van der Waals surface area contributed by atoms with Crippen LogP contribution in [-0.2, 0) is 4.79 Å². The number of thioether (sulfide) groups is 1. The smallest absolute Gasteiger partial charge is 0.265 e. The molecule has 2 aliphatic rings. The van der Waals surface area contributed by atoms with Gasteiger partial charge in [-0.05, 0) is 44.0 Å². The van der Waals surface area contributed by atoms with Crippen molar-refractivity contribution in [2.75, 3.05) is 12.3 Å². The molecular weight excluding hydrogens is 446 g/mol. The van der Waals surface area contributed by atoms with Crippen LogP contribution in [0.15, 0.2) is 40.4 Å². The summed E-state index contributed by atoms with van der Waals surface area (Å²) >= 11 is 7.53. The molecule has 1 aliphatic heterocycles. The topological polar surface area (TPSA) is 73.0 Å². The summed E-state index contributed by atoms with van der Waals surface area (Å²) in [5.74, 6) is 0.818. The lowest BCUT2D eigenvalue weighted by atomic mass is 9.94. The van der Waals surface area contributed by atoms with Crippen molar-refractivity contribution in [2.24, 2.45) is 0 Å². The third-order valence-electron chi connectivity index (χ3n) is 6.53. The van der Waals surface area contributed by atoms with Gasteiger partial charge in [0.2, 0.25) is 5.91 Å². The van der Waals surface area contributed by atoms with E-state index < -0.39 is 0 Å². The molecule has 0 N–H and O–H groups in total. The van der Waals surface area contributed by atoms with Gasteiger partial charge in [0.1, 0.15) is 5.39 Å². The van der Waals surface area contributed by atoms with Gasteiger partial charge in [0, 0.05) is 29.8 Å². The molecule has 1 amide bonds. The average Bonchev–Trinajstić information content (AvgIpc) is 3.41. The van der Waals surface area contributed by atoms with Gasteiger partial charge in [-0.15, -0.1) is 0 Å². The van der Waals surface area contributed by atoms with Gasteiger partial charge in [-0.25, -0.2) is 9.67 Å². The molecule has 2 aromatic heterocycles. The molecule has 5 rings (SSSR count). The lowest BCUT2D eigenvalue weighted by molar-refractivity contribution is -0.134. The van der Waals surface area contributed by atoms with Gasteiger partial charge >= 0.3 is 0 Å². The first-order valence-electron chi connectivity index (χ1n) is 11.2. The maximum absolute atomic E-state index is 13.4. The largest absolute Gasteiger partial charge is 0.340 e. The molecule has 1 aliphatic carbocycles. The Bertz CT molecular complexity index is 1200. The molecule has 9 heteroatoms. The average molecular weight is 472 g/mol. The van der Waals surface area contributed by atoms with Crippen molar-refractivity contribution in [1.29, 1.82) is 0 Å². The van der Waals surface area contributed by atoms with Crippen LogP contribution in [0.4, 0.5) is 0 Å². The van der Waals surface area contributed by atoms with Crippen molar-refractivity contribution in [1.82, 2.24) is 24.2 Å². The quantitative estimate of drug-likeness (QED) is 0.514. The SMILES string of the molecule is CCN(C(=O)CC1CSc2nc3c(cnn3-c3ccc(Cl)cc3)c(=O)n21)C1CCCCC1. The van der Waals surface area contributed by atoms with E-state index in [9.17, 15) is 9.59 Å². The zero-order valence-electron chi connectivity index (χ0n) is 18.0. The summed E-state index contributed by atoms with van der Waals surface area (Å²) in [7, 11) is 0. The minimum Gasteiger partial charge on any atom is -0.340 e. The van der Waals surface area contributed by atoms with Crippen molar-refractivity contribution in [3.63, 3.8) is 0 Å². The van der Waals surface area contributed by atoms with E-state index in [1.54, 1.807) is 27.6 Å². The monoisotopic (exact) mass is 471 g/mol. The summed E-state index contributed by atoms with van der Waals surface area (Å²) < 4.78 is 3.36. The van der Waals surface area contributed by atoms with Crippen molar-refractivity contribution in [2.45, 2.75) is 62.7 Å². The first kappa shape index (κ1) is 21.5. The van der Waals surface area contributed by atoms with Gasteiger partial charge in [-0.2, -0.15) is 5.10 Å². The molecular formula is C23H26ClN5O2S. The molecule has 32 heavy (non-hydrogen) atoms. The van der Waals surface area contributed by atoms with E-state index in [0.29, 0.717) is 39.4 Å². The molecule has 0 spiro atoms. The molecule has 0 radical (unpaired) electrons. The summed E-state index contributed by atoms with van der Waals surface area (Å²) in [6, 6.07) is 7.42. The van der Waals surface area contributed by atoms with Gasteiger partial charge in [0.15, 0.2) is 10.8 Å². The number of hydrogen-bond donors (Lipinski definition) is 0. The maximum Gasteiger partial charge on any atom is 0.265 e.